The Kier molecular flexibility index (Phi) is 4.99. The van der Waals surface area contributed by atoms with Gasteiger partial charge in [0.15, 0.2) is 0 Å². The Bertz CT molecular complexity index is 686. The number of aryl methyl sites for hydroxylation is 2. The third kappa shape index (κ3) is 4.48. The molecule has 0 aliphatic heterocycles. The molecule has 0 amide bonds. The van der Waals surface area contributed by atoms with Crippen LogP contribution in [0.5, 0.6) is 0 Å². The summed E-state index contributed by atoms with van der Waals surface area (Å²) in [6.07, 6.45) is 0. The first kappa shape index (κ1) is 15.8. The lowest BCUT2D eigenvalue weighted by Gasteiger charge is -2.09. The molecular formula is C20H17FO. The van der Waals surface area contributed by atoms with E-state index in [1.807, 2.05) is 62.4 Å². The zero-order valence-electron chi connectivity index (χ0n) is 12.7. The predicted molar refractivity (Wildman–Crippen MR) is 87.0 cm³/mol. The smallest absolute Gasteiger partial charge is 0.217 e. The van der Waals surface area contributed by atoms with Crippen LogP contribution in [0.3, 0.4) is 0 Å². The molecule has 2 heteroatoms. The molecule has 0 aliphatic rings. The average Bonchev–Trinajstić information content (AvgIpc) is 2.54. The largest absolute Gasteiger partial charge is 0.365 e. The van der Waals surface area contributed by atoms with Crippen molar-refractivity contribution >= 4 is 0 Å². The SMILES string of the molecule is Cc1ccc(C#CC(O)(C#Cc2ccc(C)cc2)CF)cc1. The molecule has 2 aromatic rings. The lowest BCUT2D eigenvalue weighted by molar-refractivity contribution is 0.128. The summed E-state index contributed by atoms with van der Waals surface area (Å²) < 4.78 is 13.1. The summed E-state index contributed by atoms with van der Waals surface area (Å²) >= 11 is 0. The van der Waals surface area contributed by atoms with Crippen molar-refractivity contribution in [3.8, 4) is 23.7 Å². The summed E-state index contributed by atoms with van der Waals surface area (Å²) in [4.78, 5) is 0. The minimum Gasteiger partial charge on any atom is -0.365 e. The molecule has 0 fully saturated rings. The van der Waals surface area contributed by atoms with E-state index < -0.39 is 12.3 Å². The molecule has 2 rings (SSSR count). The van der Waals surface area contributed by atoms with Crippen LogP contribution in [0.1, 0.15) is 22.3 Å². The van der Waals surface area contributed by atoms with Crippen molar-refractivity contribution < 1.29 is 9.50 Å². The van der Waals surface area contributed by atoms with Gasteiger partial charge < -0.3 is 5.11 Å². The highest BCUT2D eigenvalue weighted by Crippen LogP contribution is 2.07. The Hall–Kier alpha value is -2.55. The van der Waals surface area contributed by atoms with E-state index in [0.29, 0.717) is 0 Å². The van der Waals surface area contributed by atoms with Crippen molar-refractivity contribution in [1.29, 1.82) is 0 Å². The lowest BCUT2D eigenvalue weighted by atomic mass is 10.1. The van der Waals surface area contributed by atoms with E-state index in [1.165, 1.54) is 0 Å². The molecule has 0 radical (unpaired) electrons. The molecule has 0 aliphatic carbocycles. The molecule has 0 aromatic heterocycles. The van der Waals surface area contributed by atoms with Gasteiger partial charge in [-0.05, 0) is 50.0 Å². The molecule has 0 heterocycles. The van der Waals surface area contributed by atoms with E-state index in [9.17, 15) is 9.50 Å². The standard InChI is InChI=1S/C20H17FO/c1-16-3-7-18(8-4-16)11-13-20(22,15-21)14-12-19-9-5-17(2)6-10-19/h3-10,22H,15H2,1-2H3. The van der Waals surface area contributed by atoms with Gasteiger partial charge in [0.1, 0.15) is 6.67 Å². The van der Waals surface area contributed by atoms with E-state index in [2.05, 4.69) is 23.7 Å². The van der Waals surface area contributed by atoms with Crippen molar-refractivity contribution in [2.45, 2.75) is 19.4 Å². The van der Waals surface area contributed by atoms with Crippen LogP contribution in [0.2, 0.25) is 0 Å². The molecule has 1 N–H and O–H groups in total. The van der Waals surface area contributed by atoms with Gasteiger partial charge in [0.25, 0.3) is 0 Å². The maximum atomic E-state index is 13.1. The van der Waals surface area contributed by atoms with E-state index in [4.69, 9.17) is 0 Å². The van der Waals surface area contributed by atoms with Crippen LogP contribution in [0.15, 0.2) is 48.5 Å². The molecule has 1 nitrogen and oxygen atoms in total. The Morgan fingerprint density at radius 2 is 1.18 bits per heavy atom. The maximum absolute atomic E-state index is 13.1. The third-order valence-corrected chi connectivity index (χ3v) is 3.12. The number of hydrogen-bond donors (Lipinski definition) is 1. The van der Waals surface area contributed by atoms with Crippen molar-refractivity contribution in [2.24, 2.45) is 0 Å². The van der Waals surface area contributed by atoms with E-state index in [-0.39, 0.29) is 0 Å². The highest BCUT2D eigenvalue weighted by Gasteiger charge is 2.20. The van der Waals surface area contributed by atoms with Gasteiger partial charge in [-0.1, -0.05) is 47.2 Å². The average molecular weight is 292 g/mol. The molecular weight excluding hydrogens is 275 g/mol. The fraction of sp³-hybridized carbons (Fsp3) is 0.200. The minimum atomic E-state index is -1.95. The number of rotatable bonds is 1. The normalized spacial score (nSPS) is 10.2. The Balaban J connectivity index is 2.22. The topological polar surface area (TPSA) is 20.2 Å². The van der Waals surface area contributed by atoms with E-state index >= 15 is 0 Å². The Morgan fingerprint density at radius 1 is 0.818 bits per heavy atom. The molecule has 0 spiro atoms. The second-order valence-corrected chi connectivity index (χ2v) is 5.23. The van der Waals surface area contributed by atoms with Gasteiger partial charge in [-0.2, -0.15) is 0 Å². The van der Waals surface area contributed by atoms with Gasteiger partial charge in [-0.25, -0.2) is 4.39 Å². The molecule has 0 unspecified atom stereocenters. The maximum Gasteiger partial charge on any atom is 0.217 e. The molecule has 0 saturated carbocycles. The summed E-state index contributed by atoms with van der Waals surface area (Å²) in [7, 11) is 0. The molecule has 0 bridgehead atoms. The number of aliphatic hydroxyl groups is 1. The van der Waals surface area contributed by atoms with Crippen LogP contribution in [0.25, 0.3) is 0 Å². The third-order valence-electron chi connectivity index (χ3n) is 3.12. The molecule has 2 aromatic carbocycles. The second-order valence-electron chi connectivity index (χ2n) is 5.23. The minimum absolute atomic E-state index is 0.717. The van der Waals surface area contributed by atoms with Gasteiger partial charge in [0.2, 0.25) is 5.60 Å². The van der Waals surface area contributed by atoms with Crippen molar-refractivity contribution in [3.05, 3.63) is 70.8 Å². The van der Waals surface area contributed by atoms with Crippen molar-refractivity contribution in [2.75, 3.05) is 6.67 Å². The van der Waals surface area contributed by atoms with Gasteiger partial charge in [0.05, 0.1) is 0 Å². The van der Waals surface area contributed by atoms with Crippen LogP contribution >= 0.6 is 0 Å². The highest BCUT2D eigenvalue weighted by molar-refractivity contribution is 5.44. The fourth-order valence-corrected chi connectivity index (χ4v) is 1.72. The molecule has 110 valence electrons. The number of alkyl halides is 1. The number of hydrogen-bond acceptors (Lipinski definition) is 1. The molecule has 22 heavy (non-hydrogen) atoms. The summed E-state index contributed by atoms with van der Waals surface area (Å²) in [5.41, 5.74) is 1.72. The zero-order chi connectivity index (χ0) is 16.0. The fourth-order valence-electron chi connectivity index (χ4n) is 1.72. The highest BCUT2D eigenvalue weighted by atomic mass is 19.1. The molecule has 0 saturated heterocycles. The van der Waals surface area contributed by atoms with Crippen LogP contribution < -0.4 is 0 Å². The first-order valence-electron chi connectivity index (χ1n) is 6.99. The summed E-state index contributed by atoms with van der Waals surface area (Å²) in [5.74, 6) is 10.6. The summed E-state index contributed by atoms with van der Waals surface area (Å²) in [6, 6.07) is 15.0. The summed E-state index contributed by atoms with van der Waals surface area (Å²) in [6.45, 7) is 2.91. The summed E-state index contributed by atoms with van der Waals surface area (Å²) in [5, 5.41) is 10.1. The van der Waals surface area contributed by atoms with Gasteiger partial charge in [-0.3, -0.25) is 0 Å². The molecule has 0 atom stereocenters. The van der Waals surface area contributed by atoms with Crippen LogP contribution in [-0.2, 0) is 0 Å². The van der Waals surface area contributed by atoms with E-state index in [0.717, 1.165) is 22.3 Å². The number of benzene rings is 2. The van der Waals surface area contributed by atoms with Gasteiger partial charge in [0, 0.05) is 11.1 Å². The quantitative estimate of drug-likeness (QED) is 0.799. The zero-order valence-corrected chi connectivity index (χ0v) is 12.7. The van der Waals surface area contributed by atoms with Gasteiger partial charge in [-0.15, -0.1) is 0 Å². The van der Waals surface area contributed by atoms with Crippen LogP contribution in [-0.4, -0.2) is 17.4 Å². The first-order chi connectivity index (χ1) is 10.5. The van der Waals surface area contributed by atoms with E-state index in [1.54, 1.807) is 0 Å². The van der Waals surface area contributed by atoms with Crippen LogP contribution in [0, 0.1) is 37.5 Å². The second kappa shape index (κ2) is 6.94. The monoisotopic (exact) mass is 292 g/mol. The first-order valence-corrected chi connectivity index (χ1v) is 6.99. The Labute approximate surface area is 130 Å². The van der Waals surface area contributed by atoms with Crippen molar-refractivity contribution in [3.63, 3.8) is 0 Å². The Morgan fingerprint density at radius 3 is 1.50 bits per heavy atom. The predicted octanol–water partition coefficient (Wildman–Crippen LogP) is 3.41. The lowest BCUT2D eigenvalue weighted by Crippen LogP contribution is -2.27. The van der Waals surface area contributed by atoms with Crippen LogP contribution in [0.4, 0.5) is 4.39 Å². The number of halogens is 1. The van der Waals surface area contributed by atoms with Gasteiger partial charge >= 0.3 is 0 Å². The van der Waals surface area contributed by atoms with Crippen molar-refractivity contribution in [1.82, 2.24) is 0 Å².